The molecule has 1 N–H and O–H groups in total. The zero-order valence-electron chi connectivity index (χ0n) is 41.3. The number of fused-ring (bicyclic) bond motifs is 2. The number of benzene rings is 2. The van der Waals surface area contributed by atoms with Crippen LogP contribution in [0.5, 0.6) is 0 Å². The van der Waals surface area contributed by atoms with Crippen molar-refractivity contribution in [2.24, 2.45) is 0 Å². The average Bonchev–Trinajstić information content (AvgIpc) is 3.51. The quantitative estimate of drug-likeness (QED) is 0.0511. The summed E-state index contributed by atoms with van der Waals surface area (Å²) in [5.41, 5.74) is 1.98. The second kappa shape index (κ2) is 28.7. The normalized spacial score (nSPS) is 16.7. The average molecular weight is 1060 g/mol. The number of hydrogen-bond acceptors (Lipinski definition) is 19. The Hall–Kier alpha value is -3.66. The summed E-state index contributed by atoms with van der Waals surface area (Å²) in [6.07, 6.45) is 5.43. The molecule has 1 atom stereocenters. The molecule has 0 fully saturated rings. The monoisotopic (exact) mass is 1060 g/mol. The van der Waals surface area contributed by atoms with E-state index < -0.39 is 52.2 Å². The predicted octanol–water partition coefficient (Wildman–Crippen LogP) is 3.03. The molecule has 0 saturated carbocycles. The van der Waals surface area contributed by atoms with Crippen LogP contribution in [-0.4, -0.2) is 175 Å². The van der Waals surface area contributed by atoms with Gasteiger partial charge in [0.15, 0.2) is 6.54 Å². The van der Waals surface area contributed by atoms with E-state index in [1.165, 1.54) is 18.2 Å². The van der Waals surface area contributed by atoms with Crippen LogP contribution in [0, 0.1) is 0 Å². The first-order valence-corrected chi connectivity index (χ1v) is 28.0. The number of nitrogens with zero attached hydrogens (tertiary/aromatic N) is 2. The minimum absolute atomic E-state index is 0.0612. The van der Waals surface area contributed by atoms with E-state index in [2.05, 4.69) is 20.8 Å². The fourth-order valence-electron chi connectivity index (χ4n) is 8.04. The Morgan fingerprint density at radius 1 is 0.718 bits per heavy atom. The zero-order valence-corrected chi connectivity index (χ0v) is 43.8. The van der Waals surface area contributed by atoms with Crippen molar-refractivity contribution in [2.75, 3.05) is 136 Å². The molecule has 2 aliphatic heterocycles. The molecule has 4 rings (SSSR count). The van der Waals surface area contributed by atoms with Gasteiger partial charge in [0, 0.05) is 60.0 Å². The molecule has 0 saturated heterocycles. The lowest BCUT2D eigenvalue weighted by Gasteiger charge is -2.30. The molecule has 0 aromatic heterocycles. The number of ether oxygens (including phenoxy) is 7. The Morgan fingerprint density at radius 2 is 1.30 bits per heavy atom. The molecule has 20 nitrogen and oxygen atoms in total. The van der Waals surface area contributed by atoms with Gasteiger partial charge in [-0.3, -0.25) is 0 Å². The van der Waals surface area contributed by atoms with Gasteiger partial charge >= 0.3 is 0 Å². The van der Waals surface area contributed by atoms with E-state index in [-0.39, 0.29) is 77.4 Å². The van der Waals surface area contributed by atoms with E-state index in [1.54, 1.807) is 32.3 Å². The molecule has 23 heteroatoms. The Bertz CT molecular complexity index is 2570. The van der Waals surface area contributed by atoms with Crippen molar-refractivity contribution in [3.05, 3.63) is 82.6 Å². The van der Waals surface area contributed by atoms with Crippen LogP contribution in [0.3, 0.4) is 0 Å². The zero-order chi connectivity index (χ0) is 52.1. The summed E-state index contributed by atoms with van der Waals surface area (Å²) in [6, 6.07) is 11.7. The molecule has 1 aromatic rings. The summed E-state index contributed by atoms with van der Waals surface area (Å²) in [5.74, 6) is -0.218. The summed E-state index contributed by atoms with van der Waals surface area (Å²) < 4.78 is 154. The highest BCUT2D eigenvalue weighted by atomic mass is 32.2. The maximum absolute atomic E-state index is 12.3. The number of allylic oxidation sites excluding steroid dienone is 3. The third kappa shape index (κ3) is 20.3. The highest BCUT2D eigenvalue weighted by Crippen LogP contribution is 2.51. The van der Waals surface area contributed by atoms with Crippen LogP contribution in [0.15, 0.2) is 69.6 Å². The van der Waals surface area contributed by atoms with Crippen LogP contribution < -0.4 is 14.8 Å². The standard InChI is InChI=1S/C48H72N2O18S3/c1-47(2,3)42-36-39(68-45-35-38(11-13-41(42)45)49(16-8-34-70(55,56)57)17-20-62-25-28-67-32-31-65-24-23-61-5)9-6-10-46-48(4,15-7-33-69(52,53)54)43-37-40(71(58,59)60)12-14-44(43)50(46)18-21-63-26-29-66-30-27-64-22-19-51/h6,9-14,35-37,51H,7-8,15-34H2,1-5H3,(H2-,52,53,54,55,56,57,58,59,60)/p-2. The lowest BCUT2D eigenvalue weighted by Crippen LogP contribution is -2.35. The first kappa shape index (κ1) is 59.9. The molecule has 3 aliphatic rings. The van der Waals surface area contributed by atoms with Crippen molar-refractivity contribution in [3.8, 4) is 11.3 Å². The molecule has 1 aromatic carbocycles. The molecule has 1 unspecified atom stereocenters. The molecule has 0 bridgehead atoms. The summed E-state index contributed by atoms with van der Waals surface area (Å²) in [7, 11) is -12.3. The lowest BCUT2D eigenvalue weighted by atomic mass is 9.77. The van der Waals surface area contributed by atoms with Crippen LogP contribution >= 0.6 is 0 Å². The molecule has 71 heavy (non-hydrogen) atoms. The van der Waals surface area contributed by atoms with E-state index in [1.807, 2.05) is 33.7 Å². The molecular formula is C48H70N2O18S3-2. The van der Waals surface area contributed by atoms with Crippen molar-refractivity contribution in [1.82, 2.24) is 4.58 Å². The van der Waals surface area contributed by atoms with Crippen LogP contribution in [0.1, 0.15) is 63.8 Å². The summed E-state index contributed by atoms with van der Waals surface area (Å²) in [6.45, 7) is 13.0. The number of anilines is 1. The van der Waals surface area contributed by atoms with E-state index in [9.17, 15) is 38.9 Å². The maximum Gasteiger partial charge on any atom is 0.203 e. The van der Waals surface area contributed by atoms with Crippen LogP contribution in [0.4, 0.5) is 5.69 Å². The Labute approximate surface area is 418 Å². The second-order valence-electron chi connectivity index (χ2n) is 17.9. The van der Waals surface area contributed by atoms with E-state index in [0.29, 0.717) is 93.2 Å². The first-order valence-electron chi connectivity index (χ1n) is 23.4. The number of aliphatic hydroxyl groups is 1. The molecular weight excluding hydrogens is 989 g/mol. The summed E-state index contributed by atoms with van der Waals surface area (Å²) >= 11 is 0. The third-order valence-electron chi connectivity index (χ3n) is 11.5. The Balaban J connectivity index is 1.71. The lowest BCUT2D eigenvalue weighted by molar-refractivity contribution is 0.00371. The largest absolute Gasteiger partial charge is 0.748 e. The van der Waals surface area contributed by atoms with Crippen LogP contribution in [0.2, 0.25) is 0 Å². The fraction of sp³-hybridized carbons (Fsp3) is 0.604. The molecule has 2 heterocycles. The van der Waals surface area contributed by atoms with Crippen molar-refractivity contribution in [2.45, 2.75) is 62.7 Å². The molecule has 1 aliphatic carbocycles. The number of aliphatic hydroxyl groups excluding tert-OH is 1. The van der Waals surface area contributed by atoms with Gasteiger partial charge in [-0.05, 0) is 78.8 Å². The Morgan fingerprint density at radius 3 is 1.87 bits per heavy atom. The topological polar surface area (TPSA) is 276 Å². The van der Waals surface area contributed by atoms with Crippen LogP contribution in [0.25, 0.3) is 17.4 Å². The number of rotatable bonds is 34. The molecule has 400 valence electrons. The minimum Gasteiger partial charge on any atom is -0.748 e. The molecule has 0 radical (unpaired) electrons. The molecule has 0 amide bonds. The second-order valence-corrected chi connectivity index (χ2v) is 22.3. The van der Waals surface area contributed by atoms with Gasteiger partial charge in [-0.2, -0.15) is 0 Å². The highest BCUT2D eigenvalue weighted by molar-refractivity contribution is 7.86. The van der Waals surface area contributed by atoms with Gasteiger partial charge in [0.1, 0.15) is 34.8 Å². The Kier molecular flexibility index (Phi) is 24.2. The summed E-state index contributed by atoms with van der Waals surface area (Å²) in [4.78, 5) is 1.45. The minimum atomic E-state index is -4.89. The van der Waals surface area contributed by atoms with Gasteiger partial charge in [0.25, 0.3) is 0 Å². The van der Waals surface area contributed by atoms with Crippen molar-refractivity contribution < 1.29 is 81.6 Å². The first-order chi connectivity index (χ1) is 33.6. The van der Waals surface area contributed by atoms with Gasteiger partial charge in [-0.25, -0.2) is 29.8 Å². The van der Waals surface area contributed by atoms with Gasteiger partial charge < -0.3 is 61.2 Å². The van der Waals surface area contributed by atoms with E-state index in [0.717, 1.165) is 11.1 Å². The fourth-order valence-corrected chi connectivity index (χ4v) is 9.52. The maximum atomic E-state index is 12.3. The summed E-state index contributed by atoms with van der Waals surface area (Å²) in [5, 5.41) is 9.58. The van der Waals surface area contributed by atoms with Gasteiger partial charge in [0.2, 0.25) is 5.36 Å². The molecule has 0 spiro atoms. The number of hydrogen-bond donors (Lipinski definition) is 1. The smallest absolute Gasteiger partial charge is 0.203 e. The van der Waals surface area contributed by atoms with Gasteiger partial charge in [-0.1, -0.05) is 26.8 Å². The third-order valence-corrected chi connectivity index (χ3v) is 13.9. The van der Waals surface area contributed by atoms with E-state index >= 15 is 0 Å². The highest BCUT2D eigenvalue weighted by Gasteiger charge is 2.43. The van der Waals surface area contributed by atoms with Crippen molar-refractivity contribution >= 4 is 42.1 Å². The van der Waals surface area contributed by atoms with Crippen molar-refractivity contribution in [3.63, 3.8) is 0 Å². The van der Waals surface area contributed by atoms with Crippen LogP contribution in [-0.2, 0) is 74.3 Å². The SMILES string of the molecule is COCCOCCOCCOCC[N+](CCCS(=O)(=O)[O-])=c1ccc2c(C(C)(C)C)cc(/C=C/C=C3/N(CCOCCOCCOCCO)c4ccc(S(=O)(=O)[O-])cc4C3(C)CCCS(=O)(=O)[O-])oc-2c1. The number of methoxy groups -OCH3 is 1. The van der Waals surface area contributed by atoms with Crippen molar-refractivity contribution in [1.29, 1.82) is 0 Å². The van der Waals surface area contributed by atoms with Gasteiger partial charge in [-0.15, -0.1) is 0 Å². The predicted molar refractivity (Wildman–Crippen MR) is 262 cm³/mol. The van der Waals surface area contributed by atoms with Gasteiger partial charge in [0.05, 0.1) is 117 Å². The van der Waals surface area contributed by atoms with E-state index in [4.69, 9.17) is 42.7 Å².